The Morgan fingerprint density at radius 1 is 1.29 bits per heavy atom. The second-order valence-electron chi connectivity index (χ2n) is 4.93. The third-order valence-electron chi connectivity index (χ3n) is 3.19. The zero-order chi connectivity index (χ0) is 15.4. The van der Waals surface area contributed by atoms with Gasteiger partial charge in [0.25, 0.3) is 0 Å². The number of nitrogens with two attached hydrogens (primary N) is 1. The van der Waals surface area contributed by atoms with Crippen LogP contribution in [0.4, 0.5) is 5.69 Å². The maximum absolute atomic E-state index is 12.1. The van der Waals surface area contributed by atoms with Gasteiger partial charge in [-0.3, -0.25) is 4.79 Å². The number of aromatic hydroxyl groups is 1. The Morgan fingerprint density at radius 2 is 1.95 bits per heavy atom. The summed E-state index contributed by atoms with van der Waals surface area (Å²) in [6.45, 7) is 1.89. The predicted molar refractivity (Wildman–Crippen MR) is 84.6 cm³/mol. The molecule has 0 aromatic heterocycles. The molecule has 4 nitrogen and oxygen atoms in total. The highest BCUT2D eigenvalue weighted by Crippen LogP contribution is 2.20. The van der Waals surface area contributed by atoms with Crippen LogP contribution in [0.15, 0.2) is 42.5 Å². The summed E-state index contributed by atoms with van der Waals surface area (Å²) >= 11 is 5.92. The fraction of sp³-hybridized carbons (Fsp3) is 0.188. The first-order valence-corrected chi connectivity index (χ1v) is 6.94. The number of carbonyl (C=O) groups excluding carboxylic acids is 1. The average Bonchev–Trinajstić information content (AvgIpc) is 2.45. The molecule has 1 amide bonds. The van der Waals surface area contributed by atoms with Gasteiger partial charge in [0.15, 0.2) is 0 Å². The molecule has 0 aliphatic heterocycles. The van der Waals surface area contributed by atoms with E-state index >= 15 is 0 Å². The highest BCUT2D eigenvalue weighted by molar-refractivity contribution is 6.31. The number of anilines is 1. The molecule has 0 saturated heterocycles. The number of phenols is 1. The summed E-state index contributed by atoms with van der Waals surface area (Å²) in [4.78, 5) is 12.1. The zero-order valence-corrected chi connectivity index (χ0v) is 12.4. The molecule has 110 valence electrons. The van der Waals surface area contributed by atoms with Gasteiger partial charge in [-0.1, -0.05) is 29.8 Å². The average molecular weight is 305 g/mol. The third kappa shape index (κ3) is 4.21. The molecule has 0 spiro atoms. The second kappa shape index (κ2) is 6.61. The molecule has 0 aliphatic rings. The molecule has 4 N–H and O–H groups in total. The Labute approximate surface area is 128 Å². The number of hydrogen-bond donors (Lipinski definition) is 3. The number of benzene rings is 2. The highest BCUT2D eigenvalue weighted by atomic mass is 35.5. The van der Waals surface area contributed by atoms with Crippen molar-refractivity contribution < 1.29 is 9.90 Å². The van der Waals surface area contributed by atoms with Crippen molar-refractivity contribution in [2.75, 3.05) is 5.32 Å². The van der Waals surface area contributed by atoms with E-state index in [0.29, 0.717) is 17.1 Å². The summed E-state index contributed by atoms with van der Waals surface area (Å²) in [6, 6.07) is 11.3. The van der Waals surface area contributed by atoms with E-state index in [2.05, 4.69) is 5.32 Å². The Morgan fingerprint density at radius 3 is 2.62 bits per heavy atom. The molecule has 21 heavy (non-hydrogen) atoms. The van der Waals surface area contributed by atoms with Crippen LogP contribution in [0.3, 0.4) is 0 Å². The van der Waals surface area contributed by atoms with E-state index in [9.17, 15) is 9.90 Å². The summed E-state index contributed by atoms with van der Waals surface area (Å²) in [5.41, 5.74) is 8.38. The molecule has 0 unspecified atom stereocenters. The number of halogens is 1. The predicted octanol–water partition coefficient (Wildman–Crippen LogP) is 2.86. The molecular weight excluding hydrogens is 288 g/mol. The minimum absolute atomic E-state index is 0.186. The Bertz CT molecular complexity index is 641. The smallest absolute Gasteiger partial charge is 0.241 e. The summed E-state index contributed by atoms with van der Waals surface area (Å²) in [5, 5.41) is 12.6. The van der Waals surface area contributed by atoms with E-state index in [1.54, 1.807) is 36.4 Å². The second-order valence-corrected chi connectivity index (χ2v) is 5.36. The van der Waals surface area contributed by atoms with Crippen molar-refractivity contribution in [3.8, 4) is 5.75 Å². The van der Waals surface area contributed by atoms with Crippen molar-refractivity contribution in [1.29, 1.82) is 0 Å². The van der Waals surface area contributed by atoms with Gasteiger partial charge in [0.1, 0.15) is 5.75 Å². The lowest BCUT2D eigenvalue weighted by atomic mass is 10.1. The summed E-state index contributed by atoms with van der Waals surface area (Å²) in [7, 11) is 0. The van der Waals surface area contributed by atoms with Gasteiger partial charge in [0, 0.05) is 10.7 Å². The normalized spacial score (nSPS) is 12.0. The Kier molecular flexibility index (Phi) is 4.83. The SMILES string of the molecule is Cc1ccc(Cl)cc1NC(=O)[C@H](N)Cc1ccc(O)cc1. The Hall–Kier alpha value is -2.04. The van der Waals surface area contributed by atoms with Crippen LogP contribution in [0.5, 0.6) is 5.75 Å². The van der Waals surface area contributed by atoms with Crippen molar-refractivity contribution >= 4 is 23.2 Å². The molecule has 0 fully saturated rings. The van der Waals surface area contributed by atoms with E-state index in [0.717, 1.165) is 11.1 Å². The summed E-state index contributed by atoms with van der Waals surface area (Å²) < 4.78 is 0. The molecule has 1 atom stereocenters. The van der Waals surface area contributed by atoms with Gasteiger partial charge in [0.05, 0.1) is 6.04 Å². The van der Waals surface area contributed by atoms with Crippen LogP contribution < -0.4 is 11.1 Å². The third-order valence-corrected chi connectivity index (χ3v) is 3.42. The van der Waals surface area contributed by atoms with E-state index in [1.807, 2.05) is 13.0 Å². The first-order chi connectivity index (χ1) is 9.95. The number of carbonyl (C=O) groups is 1. The number of nitrogens with one attached hydrogen (secondary N) is 1. The van der Waals surface area contributed by atoms with Gasteiger partial charge in [0.2, 0.25) is 5.91 Å². The molecule has 0 heterocycles. The standard InChI is InChI=1S/C16H17ClN2O2/c1-10-2-5-12(17)9-15(10)19-16(21)14(18)8-11-3-6-13(20)7-4-11/h2-7,9,14,20H,8,18H2,1H3,(H,19,21)/t14-/m1/s1. The molecule has 2 aromatic rings. The van der Waals surface area contributed by atoms with Crippen LogP contribution in [-0.4, -0.2) is 17.1 Å². The van der Waals surface area contributed by atoms with Gasteiger partial charge in [-0.15, -0.1) is 0 Å². The van der Waals surface area contributed by atoms with Crippen molar-refractivity contribution in [3.63, 3.8) is 0 Å². The molecular formula is C16H17ClN2O2. The molecule has 2 aromatic carbocycles. The summed E-state index contributed by atoms with van der Waals surface area (Å²) in [5.74, 6) is -0.0835. The number of amides is 1. The fourth-order valence-corrected chi connectivity index (χ4v) is 2.11. The molecule has 0 aliphatic carbocycles. The van der Waals surface area contributed by atoms with Crippen LogP contribution in [0, 0.1) is 6.92 Å². The highest BCUT2D eigenvalue weighted by Gasteiger charge is 2.15. The van der Waals surface area contributed by atoms with Crippen LogP contribution in [0.2, 0.25) is 5.02 Å². The summed E-state index contributed by atoms with van der Waals surface area (Å²) in [6.07, 6.45) is 0.395. The maximum Gasteiger partial charge on any atom is 0.241 e. The number of phenolic OH excluding ortho intramolecular Hbond substituents is 1. The lowest BCUT2D eigenvalue weighted by Gasteiger charge is -2.14. The first-order valence-electron chi connectivity index (χ1n) is 6.56. The van der Waals surface area contributed by atoms with Gasteiger partial charge in [-0.05, 0) is 48.7 Å². The monoisotopic (exact) mass is 304 g/mol. The molecule has 0 radical (unpaired) electrons. The van der Waals surface area contributed by atoms with Crippen molar-refractivity contribution in [3.05, 3.63) is 58.6 Å². The lowest BCUT2D eigenvalue weighted by molar-refractivity contribution is -0.117. The van der Waals surface area contributed by atoms with Crippen molar-refractivity contribution in [2.45, 2.75) is 19.4 Å². The van der Waals surface area contributed by atoms with Crippen LogP contribution in [-0.2, 0) is 11.2 Å². The van der Waals surface area contributed by atoms with Crippen molar-refractivity contribution in [2.24, 2.45) is 5.73 Å². The van der Waals surface area contributed by atoms with E-state index < -0.39 is 6.04 Å². The minimum atomic E-state index is -0.673. The van der Waals surface area contributed by atoms with Gasteiger partial charge >= 0.3 is 0 Å². The molecule has 0 saturated carbocycles. The van der Waals surface area contributed by atoms with Gasteiger partial charge in [-0.2, -0.15) is 0 Å². The van der Waals surface area contributed by atoms with Gasteiger partial charge < -0.3 is 16.2 Å². The minimum Gasteiger partial charge on any atom is -0.508 e. The number of aryl methyl sites for hydroxylation is 1. The molecule has 0 bridgehead atoms. The van der Waals surface area contributed by atoms with Crippen molar-refractivity contribution in [1.82, 2.24) is 0 Å². The topological polar surface area (TPSA) is 75.4 Å². The van der Waals surface area contributed by atoms with Crippen LogP contribution in [0.25, 0.3) is 0 Å². The Balaban J connectivity index is 2.02. The molecule has 5 heteroatoms. The quantitative estimate of drug-likeness (QED) is 0.813. The first kappa shape index (κ1) is 15.4. The van der Waals surface area contributed by atoms with Crippen LogP contribution >= 0.6 is 11.6 Å². The largest absolute Gasteiger partial charge is 0.508 e. The zero-order valence-electron chi connectivity index (χ0n) is 11.6. The molecule has 2 rings (SSSR count). The maximum atomic E-state index is 12.1. The van der Waals surface area contributed by atoms with E-state index in [4.69, 9.17) is 17.3 Å². The van der Waals surface area contributed by atoms with E-state index in [1.165, 1.54) is 0 Å². The number of rotatable bonds is 4. The van der Waals surface area contributed by atoms with Gasteiger partial charge in [-0.25, -0.2) is 0 Å². The fourth-order valence-electron chi connectivity index (χ4n) is 1.93. The van der Waals surface area contributed by atoms with E-state index in [-0.39, 0.29) is 11.7 Å². The lowest BCUT2D eigenvalue weighted by Crippen LogP contribution is -2.37. The number of hydrogen-bond acceptors (Lipinski definition) is 3. The van der Waals surface area contributed by atoms with Crippen LogP contribution in [0.1, 0.15) is 11.1 Å².